The highest BCUT2D eigenvalue weighted by atomic mass is 127. The number of nitrogens with one attached hydrogen (secondary N) is 1. The average molecular weight is 469 g/mol. The third kappa shape index (κ3) is 6.03. The van der Waals surface area contributed by atoms with Gasteiger partial charge in [0.15, 0.2) is 13.2 Å². The zero-order chi connectivity index (χ0) is 18.9. The van der Waals surface area contributed by atoms with Crippen molar-refractivity contribution in [3.63, 3.8) is 0 Å². The molecule has 26 heavy (non-hydrogen) atoms. The maximum absolute atomic E-state index is 11.9. The minimum absolute atomic E-state index is 0.205. The van der Waals surface area contributed by atoms with Crippen LogP contribution in [-0.2, 0) is 19.1 Å². The molecule has 0 aromatic heterocycles. The first-order valence-corrected chi connectivity index (χ1v) is 8.58. The van der Waals surface area contributed by atoms with Crippen LogP contribution in [0.1, 0.15) is 10.4 Å². The molecule has 1 N–H and O–H groups in total. The van der Waals surface area contributed by atoms with Crippen LogP contribution in [0.5, 0.6) is 5.75 Å². The average Bonchev–Trinajstić information content (AvgIpc) is 2.65. The van der Waals surface area contributed by atoms with E-state index in [-0.39, 0.29) is 17.9 Å². The molecular formula is C18H16INO6. The largest absolute Gasteiger partial charge is 0.482 e. The van der Waals surface area contributed by atoms with Crippen LogP contribution in [0, 0.1) is 3.57 Å². The number of amides is 1. The highest BCUT2D eigenvalue weighted by molar-refractivity contribution is 14.1. The molecule has 8 heteroatoms. The molecule has 0 fully saturated rings. The lowest BCUT2D eigenvalue weighted by atomic mass is 10.2. The van der Waals surface area contributed by atoms with Crippen LogP contribution in [0.4, 0.5) is 5.69 Å². The van der Waals surface area contributed by atoms with E-state index in [1.54, 1.807) is 30.3 Å². The number of ether oxygens (including phenoxy) is 3. The first-order valence-electron chi connectivity index (χ1n) is 7.51. The van der Waals surface area contributed by atoms with E-state index in [0.717, 1.165) is 3.57 Å². The number of anilines is 1. The maximum atomic E-state index is 11.9. The van der Waals surface area contributed by atoms with Gasteiger partial charge >= 0.3 is 11.9 Å². The van der Waals surface area contributed by atoms with E-state index < -0.39 is 24.5 Å². The van der Waals surface area contributed by atoms with Crippen molar-refractivity contribution in [3.8, 4) is 5.75 Å². The predicted octanol–water partition coefficient (Wildman–Crippen LogP) is 2.64. The highest BCUT2D eigenvalue weighted by Gasteiger charge is 2.14. The van der Waals surface area contributed by atoms with E-state index in [1.165, 1.54) is 13.2 Å². The van der Waals surface area contributed by atoms with Crippen molar-refractivity contribution in [2.75, 3.05) is 25.6 Å². The number of benzene rings is 2. The third-order valence-electron chi connectivity index (χ3n) is 3.14. The smallest absolute Gasteiger partial charge is 0.344 e. The molecule has 136 valence electrons. The Hall–Kier alpha value is -2.62. The maximum Gasteiger partial charge on any atom is 0.344 e. The first kappa shape index (κ1) is 19.7. The van der Waals surface area contributed by atoms with Gasteiger partial charge in [-0.15, -0.1) is 0 Å². The fourth-order valence-corrected chi connectivity index (χ4v) is 2.29. The molecule has 0 aliphatic heterocycles. The molecule has 0 heterocycles. The van der Waals surface area contributed by atoms with Gasteiger partial charge in [-0.2, -0.15) is 0 Å². The van der Waals surface area contributed by atoms with E-state index in [0.29, 0.717) is 5.75 Å². The van der Waals surface area contributed by atoms with Gasteiger partial charge in [-0.1, -0.05) is 12.1 Å². The number of halogens is 1. The zero-order valence-corrected chi connectivity index (χ0v) is 16.0. The van der Waals surface area contributed by atoms with E-state index in [9.17, 15) is 14.4 Å². The molecule has 2 rings (SSSR count). The molecule has 0 atom stereocenters. The first-order chi connectivity index (χ1) is 12.5. The fraction of sp³-hybridized carbons (Fsp3) is 0.167. The zero-order valence-electron chi connectivity index (χ0n) is 13.9. The van der Waals surface area contributed by atoms with Gasteiger partial charge in [0.2, 0.25) is 0 Å². The van der Waals surface area contributed by atoms with Crippen LogP contribution in [0.3, 0.4) is 0 Å². The predicted molar refractivity (Wildman–Crippen MR) is 102 cm³/mol. The number of carbonyl (C=O) groups is 3. The van der Waals surface area contributed by atoms with Crippen molar-refractivity contribution in [2.45, 2.75) is 0 Å². The van der Waals surface area contributed by atoms with Crippen molar-refractivity contribution >= 4 is 46.1 Å². The Balaban J connectivity index is 1.80. The molecule has 7 nitrogen and oxygen atoms in total. The van der Waals surface area contributed by atoms with Crippen LogP contribution in [0.25, 0.3) is 0 Å². The van der Waals surface area contributed by atoms with Crippen LogP contribution >= 0.6 is 22.6 Å². The van der Waals surface area contributed by atoms with Gasteiger partial charge in [-0.3, -0.25) is 4.79 Å². The van der Waals surface area contributed by atoms with E-state index in [1.807, 2.05) is 12.1 Å². The summed E-state index contributed by atoms with van der Waals surface area (Å²) < 4.78 is 15.8. The Morgan fingerprint density at radius 3 is 2.38 bits per heavy atom. The van der Waals surface area contributed by atoms with E-state index in [2.05, 4.69) is 32.6 Å². The molecule has 0 saturated heterocycles. The minimum Gasteiger partial charge on any atom is -0.482 e. The van der Waals surface area contributed by atoms with Crippen molar-refractivity contribution < 1.29 is 28.6 Å². The van der Waals surface area contributed by atoms with E-state index in [4.69, 9.17) is 9.47 Å². The summed E-state index contributed by atoms with van der Waals surface area (Å²) in [6.07, 6.45) is 0. The number of hydrogen-bond donors (Lipinski definition) is 1. The summed E-state index contributed by atoms with van der Waals surface area (Å²) in [6.45, 7) is -0.809. The lowest BCUT2D eigenvalue weighted by Crippen LogP contribution is -2.24. The van der Waals surface area contributed by atoms with Gasteiger partial charge in [0, 0.05) is 3.57 Å². The molecule has 0 bridgehead atoms. The lowest BCUT2D eigenvalue weighted by molar-refractivity contribution is -0.149. The van der Waals surface area contributed by atoms with Crippen molar-refractivity contribution in [2.24, 2.45) is 0 Å². The molecule has 0 saturated carbocycles. The Labute approximate surface area is 163 Å². The Bertz CT molecular complexity index is 791. The summed E-state index contributed by atoms with van der Waals surface area (Å²) in [5, 5.41) is 2.50. The summed E-state index contributed by atoms with van der Waals surface area (Å²) in [4.78, 5) is 35.2. The second-order valence-electron chi connectivity index (χ2n) is 4.99. The number of methoxy groups -OCH3 is 1. The minimum atomic E-state index is -0.681. The molecule has 1 amide bonds. The highest BCUT2D eigenvalue weighted by Crippen LogP contribution is 2.16. The summed E-state index contributed by atoms with van der Waals surface area (Å²) >= 11 is 2.16. The molecular weight excluding hydrogens is 453 g/mol. The second-order valence-corrected chi connectivity index (χ2v) is 6.23. The SMILES string of the molecule is COC(=O)c1ccccc1NC(=O)COC(=O)COc1ccc(I)cc1. The van der Waals surface area contributed by atoms with Crippen LogP contribution in [-0.4, -0.2) is 38.2 Å². The summed E-state index contributed by atoms with van der Waals surface area (Å²) in [5.41, 5.74) is 0.479. The van der Waals surface area contributed by atoms with Crippen molar-refractivity contribution in [3.05, 3.63) is 57.7 Å². The third-order valence-corrected chi connectivity index (χ3v) is 3.86. The number of rotatable bonds is 7. The normalized spacial score (nSPS) is 9.92. The van der Waals surface area contributed by atoms with Gasteiger partial charge < -0.3 is 19.5 Å². The number of esters is 2. The molecule has 0 aliphatic carbocycles. The summed E-state index contributed by atoms with van der Waals surface area (Å²) in [5.74, 6) is -1.31. The van der Waals surface area contributed by atoms with Crippen LogP contribution in [0.2, 0.25) is 0 Å². The lowest BCUT2D eigenvalue weighted by Gasteiger charge is -2.10. The Morgan fingerprint density at radius 1 is 1.00 bits per heavy atom. The monoisotopic (exact) mass is 469 g/mol. The van der Waals surface area contributed by atoms with Crippen LogP contribution < -0.4 is 10.1 Å². The van der Waals surface area contributed by atoms with E-state index >= 15 is 0 Å². The molecule has 2 aromatic rings. The quantitative estimate of drug-likeness (QED) is 0.496. The van der Waals surface area contributed by atoms with Gasteiger partial charge in [-0.05, 0) is 59.0 Å². The molecule has 0 unspecified atom stereocenters. The van der Waals surface area contributed by atoms with Crippen LogP contribution in [0.15, 0.2) is 48.5 Å². The second kappa shape index (κ2) is 9.76. The van der Waals surface area contributed by atoms with Crippen molar-refractivity contribution in [1.82, 2.24) is 0 Å². The van der Waals surface area contributed by atoms with Gasteiger partial charge in [0.05, 0.1) is 18.4 Å². The fourth-order valence-electron chi connectivity index (χ4n) is 1.93. The van der Waals surface area contributed by atoms with Gasteiger partial charge in [0.25, 0.3) is 5.91 Å². The number of hydrogen-bond acceptors (Lipinski definition) is 6. The Kier molecular flexibility index (Phi) is 7.39. The number of carbonyl (C=O) groups excluding carboxylic acids is 3. The molecule has 0 aliphatic rings. The van der Waals surface area contributed by atoms with Crippen molar-refractivity contribution in [1.29, 1.82) is 0 Å². The Morgan fingerprint density at radius 2 is 1.69 bits per heavy atom. The molecule has 0 radical (unpaired) electrons. The van der Waals surface area contributed by atoms with Gasteiger partial charge in [0.1, 0.15) is 5.75 Å². The standard InChI is InChI=1S/C18H16INO6/c1-24-18(23)14-4-2-3-5-15(14)20-16(21)10-26-17(22)11-25-13-8-6-12(19)7-9-13/h2-9H,10-11H2,1H3,(H,20,21). The molecule has 0 spiro atoms. The van der Waals surface area contributed by atoms with Gasteiger partial charge in [-0.25, -0.2) is 9.59 Å². The summed E-state index contributed by atoms with van der Waals surface area (Å²) in [7, 11) is 1.25. The number of para-hydroxylation sites is 1. The molecule has 2 aromatic carbocycles. The topological polar surface area (TPSA) is 90.9 Å². The summed E-state index contributed by atoms with van der Waals surface area (Å²) in [6, 6.07) is 13.5.